The van der Waals surface area contributed by atoms with Crippen LogP contribution in [-0.4, -0.2) is 25.3 Å². The number of alkyl halides is 6. The Kier molecular flexibility index (Phi) is 7.37. The Bertz CT molecular complexity index is 1170. The SMILES string of the molecule is COC(=O)C(=O)N(Cc1ccc(C(F)(F)F)cc1)c1ccc(-c2ccc(OC(F)(F)F)cc2)cc1. The first-order valence-corrected chi connectivity index (χ1v) is 9.89. The van der Waals surface area contributed by atoms with Gasteiger partial charge in [-0.25, -0.2) is 4.79 Å². The first-order valence-electron chi connectivity index (χ1n) is 9.89. The van der Waals surface area contributed by atoms with E-state index in [0.29, 0.717) is 16.7 Å². The molecule has 0 aromatic heterocycles. The summed E-state index contributed by atoms with van der Waals surface area (Å²) in [5, 5.41) is 0. The van der Waals surface area contributed by atoms with Gasteiger partial charge in [0.05, 0.1) is 19.2 Å². The zero-order valence-corrected chi connectivity index (χ0v) is 18.0. The number of amides is 1. The molecule has 0 saturated heterocycles. The molecule has 3 aromatic carbocycles. The molecule has 11 heteroatoms. The predicted molar refractivity (Wildman–Crippen MR) is 113 cm³/mol. The molecule has 3 aromatic rings. The first-order chi connectivity index (χ1) is 16.4. The summed E-state index contributed by atoms with van der Waals surface area (Å²) in [7, 11) is 1.02. The van der Waals surface area contributed by atoms with Crippen molar-refractivity contribution in [2.24, 2.45) is 0 Å². The summed E-state index contributed by atoms with van der Waals surface area (Å²) >= 11 is 0. The van der Waals surface area contributed by atoms with Gasteiger partial charge in [-0.3, -0.25) is 9.69 Å². The number of nitrogens with zero attached hydrogens (tertiary/aromatic N) is 1. The van der Waals surface area contributed by atoms with E-state index in [-0.39, 0.29) is 18.0 Å². The lowest BCUT2D eigenvalue weighted by Gasteiger charge is -2.22. The van der Waals surface area contributed by atoms with E-state index in [2.05, 4.69) is 9.47 Å². The van der Waals surface area contributed by atoms with Crippen LogP contribution in [0.25, 0.3) is 11.1 Å². The van der Waals surface area contributed by atoms with Crippen LogP contribution >= 0.6 is 0 Å². The Morgan fingerprint density at radius 3 is 1.74 bits per heavy atom. The van der Waals surface area contributed by atoms with Crippen LogP contribution < -0.4 is 9.64 Å². The minimum absolute atomic E-state index is 0.213. The monoisotopic (exact) mass is 497 g/mol. The van der Waals surface area contributed by atoms with Gasteiger partial charge in [-0.15, -0.1) is 13.2 Å². The van der Waals surface area contributed by atoms with Gasteiger partial charge in [-0.2, -0.15) is 13.2 Å². The van der Waals surface area contributed by atoms with E-state index in [9.17, 15) is 35.9 Å². The molecule has 0 heterocycles. The number of benzene rings is 3. The van der Waals surface area contributed by atoms with Gasteiger partial charge in [0, 0.05) is 5.69 Å². The van der Waals surface area contributed by atoms with Crippen molar-refractivity contribution < 1.29 is 45.4 Å². The molecule has 0 bridgehead atoms. The van der Waals surface area contributed by atoms with Gasteiger partial charge >= 0.3 is 24.4 Å². The van der Waals surface area contributed by atoms with Crippen molar-refractivity contribution >= 4 is 17.6 Å². The summed E-state index contributed by atoms with van der Waals surface area (Å²) in [5.41, 5.74) is 0.871. The fourth-order valence-corrected chi connectivity index (χ4v) is 3.14. The number of carbonyl (C=O) groups is 2. The highest BCUT2D eigenvalue weighted by atomic mass is 19.4. The topological polar surface area (TPSA) is 55.8 Å². The van der Waals surface area contributed by atoms with E-state index >= 15 is 0 Å². The highest BCUT2D eigenvalue weighted by Crippen LogP contribution is 2.31. The molecular formula is C24H17F6NO4. The van der Waals surface area contributed by atoms with Crippen LogP contribution in [0.3, 0.4) is 0 Å². The fourth-order valence-electron chi connectivity index (χ4n) is 3.14. The van der Waals surface area contributed by atoms with Crippen molar-refractivity contribution in [1.29, 1.82) is 0 Å². The minimum atomic E-state index is -4.81. The van der Waals surface area contributed by atoms with E-state index in [1.54, 1.807) is 12.1 Å². The molecule has 0 fully saturated rings. The third-order valence-corrected chi connectivity index (χ3v) is 4.83. The maximum atomic E-state index is 12.8. The summed E-state index contributed by atoms with van der Waals surface area (Å²) in [4.78, 5) is 25.5. The number of esters is 1. The molecule has 0 aliphatic heterocycles. The minimum Gasteiger partial charge on any atom is -0.462 e. The van der Waals surface area contributed by atoms with Crippen LogP contribution in [-0.2, 0) is 27.0 Å². The molecule has 0 aliphatic rings. The number of hydrogen-bond donors (Lipinski definition) is 0. The first kappa shape index (κ1) is 25.6. The maximum absolute atomic E-state index is 12.8. The summed E-state index contributed by atoms with van der Waals surface area (Å²) in [6.07, 6.45) is -9.33. The molecule has 0 aliphatic carbocycles. The molecule has 0 N–H and O–H groups in total. The Labute approximate surface area is 195 Å². The number of methoxy groups -OCH3 is 1. The number of anilines is 1. The van der Waals surface area contributed by atoms with Gasteiger partial charge in [-0.05, 0) is 53.1 Å². The molecule has 0 radical (unpaired) electrons. The normalized spacial score (nSPS) is 11.6. The predicted octanol–water partition coefficient (Wildman–Crippen LogP) is 5.98. The lowest BCUT2D eigenvalue weighted by atomic mass is 10.0. The summed E-state index contributed by atoms with van der Waals surface area (Å²) in [6.45, 7) is -0.213. The van der Waals surface area contributed by atoms with E-state index in [0.717, 1.165) is 36.3 Å². The summed E-state index contributed by atoms with van der Waals surface area (Å²) < 4.78 is 83.7. The Balaban J connectivity index is 1.84. The number of rotatable bonds is 5. The Hall–Kier alpha value is -4.02. The summed E-state index contributed by atoms with van der Waals surface area (Å²) in [6, 6.07) is 15.4. The quantitative estimate of drug-likeness (QED) is 0.247. The van der Waals surface area contributed by atoms with Crippen molar-refractivity contribution in [3.8, 4) is 16.9 Å². The van der Waals surface area contributed by atoms with E-state index in [1.165, 1.54) is 36.4 Å². The molecule has 35 heavy (non-hydrogen) atoms. The lowest BCUT2D eigenvalue weighted by Crippen LogP contribution is -2.36. The van der Waals surface area contributed by atoms with Crippen molar-refractivity contribution in [2.45, 2.75) is 19.1 Å². The standard InChI is InChI=1S/C24H17F6NO4/c1-34-22(33)21(32)31(14-15-2-8-18(9-3-15)23(25,26)27)19-10-4-16(5-11-19)17-6-12-20(13-7-17)35-24(28,29)30/h2-13H,14H2,1H3. The summed E-state index contributed by atoms with van der Waals surface area (Å²) in [5.74, 6) is -2.58. The zero-order chi connectivity index (χ0) is 25.8. The molecule has 3 rings (SSSR count). The van der Waals surface area contributed by atoms with E-state index in [4.69, 9.17) is 0 Å². The van der Waals surface area contributed by atoms with E-state index in [1.807, 2.05) is 0 Å². The Morgan fingerprint density at radius 1 is 0.771 bits per heavy atom. The van der Waals surface area contributed by atoms with Gasteiger partial charge in [0.2, 0.25) is 0 Å². The van der Waals surface area contributed by atoms with Gasteiger partial charge in [0.1, 0.15) is 5.75 Å². The van der Waals surface area contributed by atoms with Crippen LogP contribution in [0.4, 0.5) is 32.0 Å². The van der Waals surface area contributed by atoms with Crippen LogP contribution in [0.15, 0.2) is 72.8 Å². The molecule has 0 atom stereocenters. The number of halogens is 6. The third kappa shape index (κ3) is 6.75. The van der Waals surface area contributed by atoms with E-state index < -0.39 is 30.0 Å². The van der Waals surface area contributed by atoms with Crippen molar-refractivity contribution in [1.82, 2.24) is 0 Å². The lowest BCUT2D eigenvalue weighted by molar-refractivity contribution is -0.274. The molecule has 0 unspecified atom stereocenters. The average Bonchev–Trinajstić information content (AvgIpc) is 2.81. The molecular weight excluding hydrogens is 480 g/mol. The zero-order valence-electron chi connectivity index (χ0n) is 18.0. The van der Waals surface area contributed by atoms with Gasteiger partial charge < -0.3 is 9.47 Å². The van der Waals surface area contributed by atoms with Gasteiger partial charge in [-0.1, -0.05) is 36.4 Å². The van der Waals surface area contributed by atoms with Crippen molar-refractivity contribution in [3.05, 3.63) is 83.9 Å². The average molecular weight is 497 g/mol. The number of ether oxygens (including phenoxy) is 2. The maximum Gasteiger partial charge on any atom is 0.573 e. The molecule has 184 valence electrons. The second-order valence-electron chi connectivity index (χ2n) is 7.20. The molecule has 0 saturated carbocycles. The van der Waals surface area contributed by atoms with Gasteiger partial charge in [0.15, 0.2) is 0 Å². The second kappa shape index (κ2) is 10.1. The highest BCUT2D eigenvalue weighted by Gasteiger charge is 2.31. The van der Waals surface area contributed by atoms with Crippen molar-refractivity contribution in [3.63, 3.8) is 0 Å². The molecule has 1 amide bonds. The van der Waals surface area contributed by atoms with Crippen LogP contribution in [0, 0.1) is 0 Å². The highest BCUT2D eigenvalue weighted by molar-refractivity contribution is 6.38. The molecule has 5 nitrogen and oxygen atoms in total. The van der Waals surface area contributed by atoms with Crippen LogP contribution in [0.1, 0.15) is 11.1 Å². The van der Waals surface area contributed by atoms with Crippen LogP contribution in [0.5, 0.6) is 5.75 Å². The smallest absolute Gasteiger partial charge is 0.462 e. The number of carbonyl (C=O) groups excluding carboxylic acids is 2. The van der Waals surface area contributed by atoms with Gasteiger partial charge in [0.25, 0.3) is 0 Å². The molecule has 0 spiro atoms. The third-order valence-electron chi connectivity index (χ3n) is 4.83. The number of hydrogen-bond acceptors (Lipinski definition) is 4. The Morgan fingerprint density at radius 2 is 1.29 bits per heavy atom. The second-order valence-corrected chi connectivity index (χ2v) is 7.20. The van der Waals surface area contributed by atoms with Crippen LogP contribution in [0.2, 0.25) is 0 Å². The largest absolute Gasteiger partial charge is 0.573 e. The fraction of sp³-hybridized carbons (Fsp3) is 0.167. The van der Waals surface area contributed by atoms with Crippen molar-refractivity contribution in [2.75, 3.05) is 12.0 Å².